The highest BCUT2D eigenvalue weighted by Crippen LogP contribution is 2.28. The van der Waals surface area contributed by atoms with Gasteiger partial charge >= 0.3 is 0 Å². The van der Waals surface area contributed by atoms with Crippen LogP contribution in [0.25, 0.3) is 0 Å². The Morgan fingerprint density at radius 1 is 1.30 bits per heavy atom. The van der Waals surface area contributed by atoms with Gasteiger partial charge in [0.2, 0.25) is 0 Å². The van der Waals surface area contributed by atoms with E-state index in [0.29, 0.717) is 0 Å². The molecule has 5 nitrogen and oxygen atoms in total. The van der Waals surface area contributed by atoms with Crippen molar-refractivity contribution in [1.29, 1.82) is 0 Å². The van der Waals surface area contributed by atoms with Gasteiger partial charge in [0.25, 0.3) is 5.56 Å². The van der Waals surface area contributed by atoms with Crippen LogP contribution < -0.4 is 10.3 Å². The highest BCUT2D eigenvalue weighted by Gasteiger charge is 2.18. The van der Waals surface area contributed by atoms with E-state index in [1.54, 1.807) is 0 Å². The molecule has 0 bridgehead atoms. The number of aromatic nitrogens is 2. The van der Waals surface area contributed by atoms with Crippen LogP contribution in [0.15, 0.2) is 35.3 Å². The molecule has 124 valence electrons. The molecule has 0 fully saturated rings. The van der Waals surface area contributed by atoms with Gasteiger partial charge in [-0.1, -0.05) is 56.6 Å². The van der Waals surface area contributed by atoms with Crippen molar-refractivity contribution in [1.82, 2.24) is 9.78 Å². The minimum absolute atomic E-state index is 0.0486. The lowest BCUT2D eigenvalue weighted by atomic mass is 9.86. The van der Waals surface area contributed by atoms with Crippen molar-refractivity contribution < 1.29 is 9.84 Å². The monoisotopic (exact) mass is 336 g/mol. The Hall–Kier alpha value is -1.85. The average molecular weight is 337 g/mol. The molecule has 0 aliphatic rings. The van der Waals surface area contributed by atoms with Crippen molar-refractivity contribution in [2.75, 3.05) is 6.61 Å². The molecule has 1 unspecified atom stereocenters. The normalized spacial score (nSPS) is 13.0. The Labute approximate surface area is 140 Å². The number of hydrogen-bond acceptors (Lipinski definition) is 4. The number of ether oxygens (including phenoxy) is 1. The predicted octanol–water partition coefficient (Wildman–Crippen LogP) is 2.84. The molecule has 0 aliphatic carbocycles. The first-order chi connectivity index (χ1) is 10.7. The zero-order chi connectivity index (χ0) is 17.2. The summed E-state index contributed by atoms with van der Waals surface area (Å²) in [5.41, 5.74) is 1.60. The Kier molecular flexibility index (Phi) is 5.12. The largest absolute Gasteiger partial charge is 0.480 e. The minimum atomic E-state index is -0.615. The van der Waals surface area contributed by atoms with Gasteiger partial charge < -0.3 is 9.84 Å². The Balaban J connectivity index is 2.27. The van der Waals surface area contributed by atoms with Gasteiger partial charge in [0.15, 0.2) is 10.8 Å². The molecule has 0 radical (unpaired) electrons. The molecule has 1 atom stereocenters. The second-order valence-corrected chi connectivity index (χ2v) is 6.79. The second-order valence-electron chi connectivity index (χ2n) is 6.41. The van der Waals surface area contributed by atoms with Gasteiger partial charge in [-0.25, -0.2) is 4.68 Å². The zero-order valence-electron chi connectivity index (χ0n) is 13.7. The third-order valence-electron chi connectivity index (χ3n) is 3.63. The molecule has 1 N–H and O–H groups in total. The zero-order valence-corrected chi connectivity index (χ0v) is 14.5. The van der Waals surface area contributed by atoms with E-state index in [1.165, 1.54) is 18.8 Å². The lowest BCUT2D eigenvalue weighted by molar-refractivity contribution is 0.115. The van der Waals surface area contributed by atoms with E-state index in [2.05, 4.69) is 25.9 Å². The lowest BCUT2D eigenvalue weighted by Gasteiger charge is -2.21. The fraction of sp³-hybridized carbons (Fsp3) is 0.412. The molecule has 0 aliphatic heterocycles. The SMILES string of the molecule is Cn1ncc(OC(CO)c2ccc(C(C)(C)C)cc2)c(Cl)c1=O. The molecule has 0 saturated carbocycles. The molecule has 1 heterocycles. The molecule has 0 spiro atoms. The van der Waals surface area contributed by atoms with Crippen LogP contribution in [-0.4, -0.2) is 21.5 Å². The molecule has 0 saturated heterocycles. The molecular weight excluding hydrogens is 316 g/mol. The highest BCUT2D eigenvalue weighted by molar-refractivity contribution is 6.31. The molecule has 0 amide bonds. The summed E-state index contributed by atoms with van der Waals surface area (Å²) in [5.74, 6) is 0.161. The molecular formula is C17H21ClN2O3. The number of aliphatic hydroxyl groups excluding tert-OH is 1. The van der Waals surface area contributed by atoms with E-state index in [0.717, 1.165) is 10.2 Å². The summed E-state index contributed by atoms with van der Waals surface area (Å²) in [6.45, 7) is 6.16. The van der Waals surface area contributed by atoms with Crippen LogP contribution in [0.4, 0.5) is 0 Å². The lowest BCUT2D eigenvalue weighted by Crippen LogP contribution is -2.21. The van der Waals surface area contributed by atoms with Crippen molar-refractivity contribution in [2.45, 2.75) is 32.3 Å². The molecule has 2 aromatic rings. The summed E-state index contributed by atoms with van der Waals surface area (Å²) in [5, 5.41) is 13.4. The number of benzene rings is 1. The van der Waals surface area contributed by atoms with Gasteiger partial charge in [0.1, 0.15) is 6.10 Å². The fourth-order valence-electron chi connectivity index (χ4n) is 2.14. The number of hydrogen-bond donors (Lipinski definition) is 1. The summed E-state index contributed by atoms with van der Waals surface area (Å²) >= 11 is 5.99. The Bertz CT molecular complexity index is 733. The molecule has 1 aromatic carbocycles. The minimum Gasteiger partial charge on any atom is -0.480 e. The van der Waals surface area contributed by atoms with E-state index in [-0.39, 0.29) is 22.8 Å². The number of halogens is 1. The highest BCUT2D eigenvalue weighted by atomic mass is 35.5. The molecule has 2 rings (SSSR count). The Morgan fingerprint density at radius 2 is 1.91 bits per heavy atom. The quantitative estimate of drug-likeness (QED) is 0.932. The van der Waals surface area contributed by atoms with Gasteiger partial charge in [-0.3, -0.25) is 4.79 Å². The van der Waals surface area contributed by atoms with E-state index < -0.39 is 11.7 Å². The maximum atomic E-state index is 11.8. The summed E-state index contributed by atoms with van der Waals surface area (Å²) in [7, 11) is 1.51. The summed E-state index contributed by atoms with van der Waals surface area (Å²) in [6.07, 6.45) is 0.756. The van der Waals surface area contributed by atoms with Crippen LogP contribution >= 0.6 is 11.6 Å². The van der Waals surface area contributed by atoms with Crippen LogP contribution in [0.1, 0.15) is 38.0 Å². The van der Waals surface area contributed by atoms with Gasteiger partial charge in [0, 0.05) is 7.05 Å². The first-order valence-corrected chi connectivity index (χ1v) is 7.71. The van der Waals surface area contributed by atoms with Gasteiger partial charge in [-0.15, -0.1) is 0 Å². The van der Waals surface area contributed by atoms with Crippen LogP contribution in [-0.2, 0) is 12.5 Å². The van der Waals surface area contributed by atoms with Crippen molar-refractivity contribution in [2.24, 2.45) is 7.05 Å². The summed E-state index contributed by atoms with van der Waals surface area (Å²) < 4.78 is 6.81. The van der Waals surface area contributed by atoms with Crippen LogP contribution in [0.5, 0.6) is 5.75 Å². The first-order valence-electron chi connectivity index (χ1n) is 7.34. The maximum Gasteiger partial charge on any atom is 0.289 e. The fourth-order valence-corrected chi connectivity index (χ4v) is 2.36. The molecule has 6 heteroatoms. The van der Waals surface area contributed by atoms with E-state index in [4.69, 9.17) is 16.3 Å². The van der Waals surface area contributed by atoms with E-state index in [1.807, 2.05) is 24.3 Å². The van der Waals surface area contributed by atoms with Crippen molar-refractivity contribution in [3.05, 3.63) is 57.0 Å². The smallest absolute Gasteiger partial charge is 0.289 e. The van der Waals surface area contributed by atoms with E-state index >= 15 is 0 Å². The van der Waals surface area contributed by atoms with Crippen LogP contribution in [0, 0.1) is 0 Å². The van der Waals surface area contributed by atoms with Crippen LogP contribution in [0.2, 0.25) is 5.02 Å². The Morgan fingerprint density at radius 3 is 2.43 bits per heavy atom. The summed E-state index contributed by atoms with van der Waals surface area (Å²) in [4.78, 5) is 11.8. The number of aliphatic hydroxyl groups is 1. The third kappa shape index (κ3) is 3.92. The van der Waals surface area contributed by atoms with Crippen LogP contribution in [0.3, 0.4) is 0 Å². The van der Waals surface area contributed by atoms with Crippen molar-refractivity contribution >= 4 is 11.6 Å². The number of nitrogens with zero attached hydrogens (tertiary/aromatic N) is 2. The van der Waals surface area contributed by atoms with Gasteiger partial charge in [-0.05, 0) is 16.5 Å². The second kappa shape index (κ2) is 6.72. The van der Waals surface area contributed by atoms with Crippen molar-refractivity contribution in [3.8, 4) is 5.75 Å². The van der Waals surface area contributed by atoms with Gasteiger partial charge in [-0.2, -0.15) is 5.10 Å². The molecule has 1 aromatic heterocycles. The topological polar surface area (TPSA) is 64.3 Å². The van der Waals surface area contributed by atoms with E-state index in [9.17, 15) is 9.90 Å². The maximum absolute atomic E-state index is 11.8. The number of aryl methyl sites for hydroxylation is 1. The first kappa shape index (κ1) is 17.5. The standard InChI is InChI=1S/C17H21ClN2O3/c1-17(2,3)12-7-5-11(6-8-12)14(10-21)23-13-9-19-20(4)16(22)15(13)18/h5-9,14,21H,10H2,1-4H3. The third-order valence-corrected chi connectivity index (χ3v) is 3.98. The number of rotatable bonds is 4. The van der Waals surface area contributed by atoms with Gasteiger partial charge in [0.05, 0.1) is 12.8 Å². The summed E-state index contributed by atoms with van der Waals surface area (Å²) in [6, 6.07) is 7.82. The van der Waals surface area contributed by atoms with Crippen molar-refractivity contribution in [3.63, 3.8) is 0 Å². The average Bonchev–Trinajstić information content (AvgIpc) is 2.51. The predicted molar refractivity (Wildman–Crippen MR) is 90.1 cm³/mol. The molecule has 23 heavy (non-hydrogen) atoms.